The Hall–Kier alpha value is -6.52. The van der Waals surface area contributed by atoms with Gasteiger partial charge in [0.2, 0.25) is 0 Å². The number of aliphatic imine (C=N–C) groups is 2. The molecule has 9 rings (SSSR count). The van der Waals surface area contributed by atoms with Crippen molar-refractivity contribution in [3.63, 3.8) is 0 Å². The average Bonchev–Trinajstić information content (AvgIpc) is 3.59. The second kappa shape index (κ2) is 15.9. The Morgan fingerprint density at radius 2 is 1.61 bits per heavy atom. The highest BCUT2D eigenvalue weighted by molar-refractivity contribution is 6.06. The molecule has 2 unspecified atom stereocenters. The fraction of sp³-hybridized carbons (Fsp3) is 0.170. The zero-order valence-electron chi connectivity index (χ0n) is 32.6. The summed E-state index contributed by atoms with van der Waals surface area (Å²) >= 11 is 0. The van der Waals surface area contributed by atoms with Crippen molar-refractivity contribution < 1.29 is 0 Å². The standard InChI is InChI=1S/C53H46N4/c1-3-13-47(39-22-20-38(21-23-39)42-30-43(51-26-28-54-35-56-51)32-44(31-42)52-27-29-55-36-57-52)37(2)40-24-25-49-48-19-12-11-14-41(48)34-53(50(49)33-40,46-17-9-6-10-18-46)45-15-7-4-5-8-16-45/h3-13,15,17-26,28,30-33,35-36,41H,14,16,27,29,34H2,1-2H3/b13-3-,47-37-. The molecule has 57 heavy (non-hydrogen) atoms. The Balaban J connectivity index is 1.15. The molecule has 278 valence electrons. The van der Waals surface area contributed by atoms with E-state index in [4.69, 9.17) is 0 Å². The van der Waals surface area contributed by atoms with E-state index in [0.717, 1.165) is 65.9 Å². The van der Waals surface area contributed by atoms with Crippen LogP contribution in [-0.4, -0.2) is 28.6 Å². The van der Waals surface area contributed by atoms with Gasteiger partial charge in [0.05, 0.1) is 11.4 Å². The van der Waals surface area contributed by atoms with Gasteiger partial charge in [-0.2, -0.15) is 0 Å². The van der Waals surface area contributed by atoms with Crippen LogP contribution in [0.3, 0.4) is 0 Å². The minimum Gasteiger partial charge on any atom is -0.273 e. The molecule has 5 aromatic rings. The summed E-state index contributed by atoms with van der Waals surface area (Å²) < 4.78 is 0. The molecular weight excluding hydrogens is 693 g/mol. The van der Waals surface area contributed by atoms with Crippen LogP contribution < -0.4 is 0 Å². The van der Waals surface area contributed by atoms with E-state index in [2.05, 4.69) is 186 Å². The van der Waals surface area contributed by atoms with Gasteiger partial charge in [0.25, 0.3) is 0 Å². The molecular formula is C53H46N4. The minimum absolute atomic E-state index is 0.253. The smallest absolute Gasteiger partial charge is 0.116 e. The van der Waals surface area contributed by atoms with Crippen molar-refractivity contribution >= 4 is 28.8 Å². The lowest BCUT2D eigenvalue weighted by Gasteiger charge is -2.47. The van der Waals surface area contributed by atoms with Gasteiger partial charge in [-0.05, 0) is 131 Å². The number of aromatic nitrogens is 2. The maximum absolute atomic E-state index is 4.64. The summed E-state index contributed by atoms with van der Waals surface area (Å²) in [6, 6.07) is 36.2. The van der Waals surface area contributed by atoms with Crippen molar-refractivity contribution in [2.24, 2.45) is 15.9 Å². The maximum atomic E-state index is 4.64. The zero-order valence-corrected chi connectivity index (χ0v) is 32.6. The van der Waals surface area contributed by atoms with Gasteiger partial charge in [-0.1, -0.05) is 133 Å². The van der Waals surface area contributed by atoms with Crippen molar-refractivity contribution in [1.82, 2.24) is 9.97 Å². The van der Waals surface area contributed by atoms with Crippen molar-refractivity contribution in [1.29, 1.82) is 0 Å². The summed E-state index contributed by atoms with van der Waals surface area (Å²) in [4.78, 5) is 17.7. The predicted molar refractivity (Wildman–Crippen MR) is 239 cm³/mol. The molecule has 2 atom stereocenters. The van der Waals surface area contributed by atoms with Crippen LogP contribution in [0.15, 0.2) is 186 Å². The lowest BCUT2D eigenvalue weighted by atomic mass is 9.56. The van der Waals surface area contributed by atoms with Crippen molar-refractivity contribution in [3.05, 3.63) is 209 Å². The molecule has 4 aromatic carbocycles. The monoisotopic (exact) mass is 738 g/mol. The Bertz CT molecular complexity index is 2590. The van der Waals surface area contributed by atoms with Crippen LogP contribution in [0.25, 0.3) is 39.1 Å². The topological polar surface area (TPSA) is 50.5 Å². The van der Waals surface area contributed by atoms with Crippen LogP contribution in [-0.2, 0) is 5.41 Å². The number of benzene rings is 4. The second-order valence-electron chi connectivity index (χ2n) is 15.3. The summed E-state index contributed by atoms with van der Waals surface area (Å²) in [5.41, 5.74) is 18.1. The van der Waals surface area contributed by atoms with Gasteiger partial charge in [0, 0.05) is 30.1 Å². The quantitative estimate of drug-likeness (QED) is 0.118. The molecule has 0 radical (unpaired) electrons. The molecule has 1 aliphatic heterocycles. The number of nitrogens with zero attached hydrogens (tertiary/aromatic N) is 4. The molecule has 0 spiro atoms. The summed E-state index contributed by atoms with van der Waals surface area (Å²) in [6.07, 6.45) is 31.6. The number of fused-ring (bicyclic) bond motifs is 3. The van der Waals surface area contributed by atoms with Gasteiger partial charge < -0.3 is 0 Å². The molecule has 4 aliphatic rings. The normalized spacial score (nSPS) is 20.2. The molecule has 0 saturated heterocycles. The molecule has 0 N–H and O–H groups in total. The first kappa shape index (κ1) is 36.1. The number of allylic oxidation sites excluding steroid dienone is 14. The summed E-state index contributed by atoms with van der Waals surface area (Å²) in [5, 5.41) is 0. The molecule has 0 amide bonds. The van der Waals surface area contributed by atoms with Crippen LogP contribution in [0.4, 0.5) is 0 Å². The SMILES string of the molecule is C/C=C\C(=C(/C)c1ccc2c(c1)C(C1=CC=CC=CC1)(c1ccccc1)CC1CC=CC=C21)c1ccc(-c2cc(C3=NC=NCC3)cc(-c3ccncn3)c2)cc1. The molecule has 4 nitrogen and oxygen atoms in total. The highest BCUT2D eigenvalue weighted by Gasteiger charge is 2.46. The Morgan fingerprint density at radius 1 is 0.772 bits per heavy atom. The van der Waals surface area contributed by atoms with Crippen LogP contribution in [0.2, 0.25) is 0 Å². The largest absolute Gasteiger partial charge is 0.273 e. The first-order chi connectivity index (χ1) is 28.1. The first-order valence-corrected chi connectivity index (χ1v) is 20.1. The lowest BCUT2D eigenvalue weighted by molar-refractivity contribution is 0.441. The van der Waals surface area contributed by atoms with Gasteiger partial charge in [-0.25, -0.2) is 15.0 Å². The van der Waals surface area contributed by atoms with Crippen LogP contribution >= 0.6 is 0 Å². The summed E-state index contributed by atoms with van der Waals surface area (Å²) in [6.45, 7) is 5.14. The third-order valence-electron chi connectivity index (χ3n) is 12.0. The van der Waals surface area contributed by atoms with Gasteiger partial charge in [0.1, 0.15) is 12.7 Å². The molecule has 0 fully saturated rings. The minimum atomic E-state index is -0.253. The first-order valence-electron chi connectivity index (χ1n) is 20.1. The van der Waals surface area contributed by atoms with Crippen LogP contribution in [0, 0.1) is 5.92 Å². The second-order valence-corrected chi connectivity index (χ2v) is 15.3. The van der Waals surface area contributed by atoms with E-state index in [1.54, 1.807) is 18.9 Å². The van der Waals surface area contributed by atoms with E-state index in [9.17, 15) is 0 Å². The van der Waals surface area contributed by atoms with E-state index in [-0.39, 0.29) is 5.41 Å². The van der Waals surface area contributed by atoms with Gasteiger partial charge >= 0.3 is 0 Å². The Morgan fingerprint density at radius 3 is 2.42 bits per heavy atom. The third kappa shape index (κ3) is 6.97. The summed E-state index contributed by atoms with van der Waals surface area (Å²) in [7, 11) is 0. The third-order valence-corrected chi connectivity index (χ3v) is 12.0. The number of hydrogen-bond acceptors (Lipinski definition) is 4. The molecule has 4 heteroatoms. The van der Waals surface area contributed by atoms with Gasteiger partial charge in [-0.15, -0.1) is 0 Å². The van der Waals surface area contributed by atoms with Gasteiger partial charge in [-0.3, -0.25) is 4.99 Å². The fourth-order valence-corrected chi connectivity index (χ4v) is 9.22. The fourth-order valence-electron chi connectivity index (χ4n) is 9.22. The van der Waals surface area contributed by atoms with Crippen LogP contribution in [0.1, 0.15) is 72.9 Å². The molecule has 3 aliphatic carbocycles. The predicted octanol–water partition coefficient (Wildman–Crippen LogP) is 12.6. The highest BCUT2D eigenvalue weighted by Crippen LogP contribution is 2.56. The number of hydrogen-bond donors (Lipinski definition) is 0. The van der Waals surface area contributed by atoms with Crippen LogP contribution in [0.5, 0.6) is 0 Å². The van der Waals surface area contributed by atoms with Crippen molar-refractivity contribution in [2.75, 3.05) is 6.54 Å². The van der Waals surface area contributed by atoms with E-state index in [1.165, 1.54) is 50.1 Å². The number of rotatable bonds is 8. The van der Waals surface area contributed by atoms with Gasteiger partial charge in [0.15, 0.2) is 0 Å². The maximum Gasteiger partial charge on any atom is 0.116 e. The molecule has 2 heterocycles. The Labute approximate surface area is 336 Å². The Kier molecular flexibility index (Phi) is 10.1. The lowest BCUT2D eigenvalue weighted by Crippen LogP contribution is -2.38. The average molecular weight is 739 g/mol. The van der Waals surface area contributed by atoms with E-state index < -0.39 is 0 Å². The summed E-state index contributed by atoms with van der Waals surface area (Å²) in [5.74, 6) is 0.460. The van der Waals surface area contributed by atoms with Crippen molar-refractivity contribution in [3.8, 4) is 22.4 Å². The van der Waals surface area contributed by atoms with Crippen molar-refractivity contribution in [2.45, 2.75) is 44.9 Å². The van der Waals surface area contributed by atoms with E-state index in [1.807, 2.05) is 6.07 Å². The zero-order chi connectivity index (χ0) is 38.6. The molecule has 0 saturated carbocycles. The molecule has 1 aromatic heterocycles. The van der Waals surface area contributed by atoms with E-state index in [0.29, 0.717) is 5.92 Å². The van der Waals surface area contributed by atoms with E-state index >= 15 is 0 Å². The molecule has 0 bridgehead atoms. The highest BCUT2D eigenvalue weighted by atomic mass is 14.9.